The van der Waals surface area contributed by atoms with E-state index in [4.69, 9.17) is 0 Å². The summed E-state index contributed by atoms with van der Waals surface area (Å²) in [5.41, 5.74) is 2.06. The Morgan fingerprint density at radius 3 is 2.94 bits per heavy atom. The molecule has 1 aromatic carbocycles. The lowest BCUT2D eigenvalue weighted by atomic mass is 10.2. The molecule has 0 N–H and O–H groups in total. The van der Waals surface area contributed by atoms with Crippen molar-refractivity contribution < 1.29 is 0 Å². The lowest BCUT2D eigenvalue weighted by molar-refractivity contribution is 1.06. The van der Waals surface area contributed by atoms with E-state index in [2.05, 4.69) is 38.9 Å². The van der Waals surface area contributed by atoms with Crippen LogP contribution in [-0.4, -0.2) is 14.6 Å². The topological polar surface area (TPSA) is 30.2 Å². The summed E-state index contributed by atoms with van der Waals surface area (Å²) in [5.74, 6) is 0. The van der Waals surface area contributed by atoms with Gasteiger partial charge in [0.15, 0.2) is 10.5 Å². The quantitative estimate of drug-likeness (QED) is 0.460. The van der Waals surface area contributed by atoms with Gasteiger partial charge in [-0.2, -0.15) is 0 Å². The number of fused-ring (bicyclic) bond motifs is 5. The van der Waals surface area contributed by atoms with Crippen LogP contribution >= 0.6 is 11.3 Å². The van der Waals surface area contributed by atoms with Gasteiger partial charge in [-0.05, 0) is 18.2 Å². The molecule has 16 heavy (non-hydrogen) atoms. The number of hydrogen-bond donors (Lipinski definition) is 0. The second-order valence-electron chi connectivity index (χ2n) is 3.69. The molecule has 0 spiro atoms. The summed E-state index contributed by atoms with van der Waals surface area (Å²) in [6.07, 6.45) is 2.03. The Kier molecular flexibility index (Phi) is 1.44. The molecular formula is C12H7N3S. The number of hydrogen-bond acceptors (Lipinski definition) is 3. The predicted molar refractivity (Wildman–Crippen MR) is 65.9 cm³/mol. The minimum Gasteiger partial charge on any atom is -0.297 e. The maximum Gasteiger partial charge on any atom is 0.164 e. The molecule has 4 rings (SSSR count). The summed E-state index contributed by atoms with van der Waals surface area (Å²) in [4.78, 5) is 0.991. The van der Waals surface area contributed by atoms with Crippen LogP contribution in [-0.2, 0) is 0 Å². The number of benzene rings is 1. The van der Waals surface area contributed by atoms with E-state index >= 15 is 0 Å². The summed E-state index contributed by atoms with van der Waals surface area (Å²) in [6.45, 7) is 0. The van der Waals surface area contributed by atoms with Gasteiger partial charge in [0.25, 0.3) is 0 Å². The van der Waals surface area contributed by atoms with Gasteiger partial charge in [-0.3, -0.25) is 4.40 Å². The van der Waals surface area contributed by atoms with Crippen molar-refractivity contribution in [2.24, 2.45) is 0 Å². The van der Waals surface area contributed by atoms with Crippen molar-refractivity contribution in [1.29, 1.82) is 0 Å². The molecule has 0 fully saturated rings. The first-order valence-electron chi connectivity index (χ1n) is 5.04. The van der Waals surface area contributed by atoms with E-state index in [0.717, 1.165) is 16.0 Å². The molecule has 0 aliphatic rings. The maximum absolute atomic E-state index is 4.27. The number of rotatable bonds is 0. The standard InChI is InChI=1S/C12H7N3S/c1-2-5-9-8(4-1)11-12(16-9)14-13-10-6-3-7-15(10)11/h1-7H. The van der Waals surface area contributed by atoms with E-state index in [1.165, 1.54) is 10.1 Å². The smallest absolute Gasteiger partial charge is 0.164 e. The zero-order valence-electron chi connectivity index (χ0n) is 8.29. The van der Waals surface area contributed by atoms with Gasteiger partial charge in [0.1, 0.15) is 0 Å². The molecule has 4 heteroatoms. The van der Waals surface area contributed by atoms with Crippen molar-refractivity contribution >= 4 is 37.4 Å². The van der Waals surface area contributed by atoms with Crippen LogP contribution in [0.3, 0.4) is 0 Å². The predicted octanol–water partition coefficient (Wildman–Crippen LogP) is 3.10. The Morgan fingerprint density at radius 1 is 1.00 bits per heavy atom. The first-order chi connectivity index (χ1) is 7.93. The molecule has 0 saturated heterocycles. The third-order valence-electron chi connectivity index (χ3n) is 2.76. The third-order valence-corrected chi connectivity index (χ3v) is 3.81. The van der Waals surface area contributed by atoms with Crippen molar-refractivity contribution in [1.82, 2.24) is 14.6 Å². The van der Waals surface area contributed by atoms with Crippen LogP contribution in [0.15, 0.2) is 42.6 Å². The van der Waals surface area contributed by atoms with Crippen LogP contribution in [0.5, 0.6) is 0 Å². The first kappa shape index (κ1) is 8.24. The normalized spacial score (nSPS) is 11.8. The summed E-state index contributed by atoms with van der Waals surface area (Å²) in [7, 11) is 0. The molecule has 0 saturated carbocycles. The van der Waals surface area contributed by atoms with Gasteiger partial charge >= 0.3 is 0 Å². The number of nitrogens with zero attached hydrogens (tertiary/aromatic N) is 3. The minimum atomic E-state index is 0.899. The van der Waals surface area contributed by atoms with E-state index < -0.39 is 0 Å². The minimum absolute atomic E-state index is 0.899. The molecule has 0 aliphatic heterocycles. The van der Waals surface area contributed by atoms with E-state index in [0.29, 0.717) is 0 Å². The number of thiophene rings is 1. The van der Waals surface area contributed by atoms with Gasteiger partial charge < -0.3 is 0 Å². The summed E-state index contributed by atoms with van der Waals surface area (Å²) >= 11 is 1.69. The molecule has 0 radical (unpaired) electrons. The zero-order valence-corrected chi connectivity index (χ0v) is 9.11. The Bertz CT molecular complexity index is 813. The average Bonchev–Trinajstić information content (AvgIpc) is 2.91. The molecular weight excluding hydrogens is 218 g/mol. The van der Waals surface area contributed by atoms with Crippen LogP contribution in [0.4, 0.5) is 0 Å². The fourth-order valence-corrected chi connectivity index (χ4v) is 3.07. The van der Waals surface area contributed by atoms with Crippen LogP contribution < -0.4 is 0 Å². The Morgan fingerprint density at radius 2 is 1.94 bits per heavy atom. The van der Waals surface area contributed by atoms with Gasteiger partial charge in [0.2, 0.25) is 0 Å². The zero-order chi connectivity index (χ0) is 10.5. The summed E-state index contributed by atoms with van der Waals surface area (Å²) in [5, 5.41) is 9.70. The van der Waals surface area contributed by atoms with Crippen molar-refractivity contribution in [2.75, 3.05) is 0 Å². The van der Waals surface area contributed by atoms with Crippen LogP contribution in [0, 0.1) is 0 Å². The highest BCUT2D eigenvalue weighted by Gasteiger charge is 2.09. The monoisotopic (exact) mass is 225 g/mol. The Hall–Kier alpha value is -1.94. The molecule has 3 aromatic heterocycles. The lowest BCUT2D eigenvalue weighted by Gasteiger charge is -1.96. The Balaban J connectivity index is 2.42. The van der Waals surface area contributed by atoms with Crippen LogP contribution in [0.1, 0.15) is 0 Å². The summed E-state index contributed by atoms with van der Waals surface area (Å²) < 4.78 is 3.36. The van der Waals surface area contributed by atoms with Crippen LogP contribution in [0.25, 0.3) is 26.1 Å². The Labute approximate surface area is 95.0 Å². The molecule has 3 nitrogen and oxygen atoms in total. The van der Waals surface area contributed by atoms with Crippen molar-refractivity contribution in [3.05, 3.63) is 42.6 Å². The van der Waals surface area contributed by atoms with Gasteiger partial charge in [0.05, 0.1) is 5.52 Å². The summed E-state index contributed by atoms with van der Waals surface area (Å²) in [6, 6.07) is 12.3. The first-order valence-corrected chi connectivity index (χ1v) is 5.86. The fourth-order valence-electron chi connectivity index (χ4n) is 2.06. The highest BCUT2D eigenvalue weighted by Crippen LogP contribution is 2.31. The van der Waals surface area contributed by atoms with Gasteiger partial charge in [-0.15, -0.1) is 21.5 Å². The lowest BCUT2D eigenvalue weighted by Crippen LogP contribution is -1.89. The van der Waals surface area contributed by atoms with E-state index in [9.17, 15) is 0 Å². The largest absolute Gasteiger partial charge is 0.297 e. The van der Waals surface area contributed by atoms with Gasteiger partial charge in [-0.25, -0.2) is 0 Å². The molecule has 76 valence electrons. The third kappa shape index (κ3) is 0.919. The molecule has 0 atom stereocenters. The van der Waals surface area contributed by atoms with Crippen molar-refractivity contribution in [2.45, 2.75) is 0 Å². The molecule has 0 bridgehead atoms. The average molecular weight is 225 g/mol. The van der Waals surface area contributed by atoms with Gasteiger partial charge in [-0.1, -0.05) is 18.2 Å². The molecule has 4 aromatic rings. The highest BCUT2D eigenvalue weighted by atomic mass is 32.1. The second-order valence-corrected chi connectivity index (χ2v) is 4.72. The SMILES string of the molecule is c1ccc2c(c1)sc1nnc3cccn3c12. The molecule has 3 heterocycles. The highest BCUT2D eigenvalue weighted by molar-refractivity contribution is 7.25. The fraction of sp³-hybridized carbons (Fsp3) is 0. The molecule has 0 amide bonds. The molecule has 0 unspecified atom stereocenters. The second kappa shape index (κ2) is 2.80. The van der Waals surface area contributed by atoms with Crippen LogP contribution in [0.2, 0.25) is 0 Å². The van der Waals surface area contributed by atoms with Gasteiger partial charge in [0, 0.05) is 16.3 Å². The van der Waals surface area contributed by atoms with Crippen molar-refractivity contribution in [3.8, 4) is 0 Å². The molecule has 0 aliphatic carbocycles. The van der Waals surface area contributed by atoms with Crippen molar-refractivity contribution in [3.63, 3.8) is 0 Å². The van der Waals surface area contributed by atoms with E-state index in [1.54, 1.807) is 11.3 Å². The maximum atomic E-state index is 4.27. The number of aromatic nitrogens is 3. The van der Waals surface area contributed by atoms with E-state index in [-0.39, 0.29) is 0 Å². The van der Waals surface area contributed by atoms with E-state index in [1.807, 2.05) is 18.3 Å².